The molecular weight excluding hydrogens is 345 g/mol. The van der Waals surface area contributed by atoms with Crippen molar-refractivity contribution < 1.29 is 9.47 Å². The molecule has 0 spiro atoms. The molecule has 114 valence electrons. The van der Waals surface area contributed by atoms with E-state index >= 15 is 0 Å². The molecule has 2 aromatic carbocycles. The number of rotatable bonds is 5. The number of nitriles is 1. The summed E-state index contributed by atoms with van der Waals surface area (Å²) in [6.07, 6.45) is 0. The van der Waals surface area contributed by atoms with Gasteiger partial charge in [0.1, 0.15) is 6.61 Å². The highest BCUT2D eigenvalue weighted by Gasteiger charge is 2.13. The van der Waals surface area contributed by atoms with E-state index in [4.69, 9.17) is 49.5 Å². The maximum Gasteiger partial charge on any atom is 0.180 e. The molecule has 6 heteroatoms. The highest BCUT2D eigenvalue weighted by molar-refractivity contribution is 6.42. The molecule has 0 saturated carbocycles. The summed E-state index contributed by atoms with van der Waals surface area (Å²) < 4.78 is 11.2. The van der Waals surface area contributed by atoms with E-state index in [1.807, 2.05) is 19.1 Å². The molecule has 0 aliphatic carbocycles. The Labute approximate surface area is 143 Å². The summed E-state index contributed by atoms with van der Waals surface area (Å²) >= 11 is 18.0. The van der Waals surface area contributed by atoms with Crippen molar-refractivity contribution in [2.45, 2.75) is 13.5 Å². The lowest BCUT2D eigenvalue weighted by Gasteiger charge is -2.14. The SMILES string of the molecule is CCOc1cc(C#N)cc(Cl)c1OCc1ccc(Cl)c(Cl)c1. The molecule has 2 rings (SSSR count). The molecule has 0 amide bonds. The van der Waals surface area contributed by atoms with Crippen molar-refractivity contribution in [2.24, 2.45) is 0 Å². The van der Waals surface area contributed by atoms with Crippen molar-refractivity contribution in [3.8, 4) is 17.6 Å². The standard InChI is InChI=1S/C16H12Cl3NO2/c1-2-21-15-7-11(8-20)6-14(19)16(15)22-9-10-3-4-12(17)13(18)5-10/h3-7H,2,9H2,1H3. The Balaban J connectivity index is 2.24. The van der Waals surface area contributed by atoms with Gasteiger partial charge >= 0.3 is 0 Å². The summed E-state index contributed by atoms with van der Waals surface area (Å²) in [5, 5.41) is 10.2. The Morgan fingerprint density at radius 1 is 1.00 bits per heavy atom. The molecule has 0 radical (unpaired) electrons. The van der Waals surface area contributed by atoms with Crippen LogP contribution < -0.4 is 9.47 Å². The van der Waals surface area contributed by atoms with Gasteiger partial charge in [-0.1, -0.05) is 40.9 Å². The molecule has 22 heavy (non-hydrogen) atoms. The zero-order valence-corrected chi connectivity index (χ0v) is 14.0. The Bertz CT molecular complexity index is 726. The molecule has 0 N–H and O–H groups in total. The highest BCUT2D eigenvalue weighted by atomic mass is 35.5. The van der Waals surface area contributed by atoms with Crippen LogP contribution >= 0.6 is 34.8 Å². The quantitative estimate of drug-likeness (QED) is 0.710. The minimum Gasteiger partial charge on any atom is -0.490 e. The number of halogens is 3. The van der Waals surface area contributed by atoms with Gasteiger partial charge in [0, 0.05) is 6.07 Å². The van der Waals surface area contributed by atoms with Crippen LogP contribution in [0.15, 0.2) is 30.3 Å². The van der Waals surface area contributed by atoms with E-state index < -0.39 is 0 Å². The molecule has 0 fully saturated rings. The molecule has 0 atom stereocenters. The van der Waals surface area contributed by atoms with Crippen molar-refractivity contribution in [3.63, 3.8) is 0 Å². The molecule has 0 aliphatic rings. The van der Waals surface area contributed by atoms with E-state index in [9.17, 15) is 0 Å². The first kappa shape index (κ1) is 16.8. The van der Waals surface area contributed by atoms with Crippen molar-refractivity contribution in [1.29, 1.82) is 5.26 Å². The van der Waals surface area contributed by atoms with Gasteiger partial charge in [-0.3, -0.25) is 0 Å². The Morgan fingerprint density at radius 3 is 2.41 bits per heavy atom. The van der Waals surface area contributed by atoms with Crippen molar-refractivity contribution >= 4 is 34.8 Å². The minimum absolute atomic E-state index is 0.253. The van der Waals surface area contributed by atoms with Gasteiger partial charge in [-0.15, -0.1) is 0 Å². The van der Waals surface area contributed by atoms with Crippen molar-refractivity contribution in [3.05, 3.63) is 56.5 Å². The predicted octanol–water partition coefficient (Wildman–Crippen LogP) is 5.50. The normalized spacial score (nSPS) is 10.1. The van der Waals surface area contributed by atoms with E-state index in [0.717, 1.165) is 5.56 Å². The fraction of sp³-hybridized carbons (Fsp3) is 0.188. The fourth-order valence-corrected chi connectivity index (χ4v) is 2.41. The summed E-state index contributed by atoms with van der Waals surface area (Å²) in [4.78, 5) is 0. The first-order valence-corrected chi connectivity index (χ1v) is 7.61. The van der Waals surface area contributed by atoms with Crippen LogP contribution in [0.25, 0.3) is 0 Å². The molecule has 0 heterocycles. The second-order valence-corrected chi connectivity index (χ2v) is 5.59. The zero-order chi connectivity index (χ0) is 16.1. The van der Waals surface area contributed by atoms with Gasteiger partial charge in [0.15, 0.2) is 11.5 Å². The lowest BCUT2D eigenvalue weighted by atomic mass is 10.2. The number of hydrogen-bond donors (Lipinski definition) is 0. The smallest absolute Gasteiger partial charge is 0.180 e. The first-order chi connectivity index (χ1) is 10.5. The summed E-state index contributed by atoms with van der Waals surface area (Å²) in [5.74, 6) is 0.834. The van der Waals surface area contributed by atoms with E-state index in [0.29, 0.717) is 38.7 Å². The average Bonchev–Trinajstić information content (AvgIpc) is 2.50. The van der Waals surface area contributed by atoms with Gasteiger partial charge in [-0.05, 0) is 30.7 Å². The van der Waals surface area contributed by atoms with Gasteiger partial charge in [-0.2, -0.15) is 5.26 Å². The van der Waals surface area contributed by atoms with Crippen LogP contribution in [0.3, 0.4) is 0 Å². The largest absolute Gasteiger partial charge is 0.490 e. The minimum atomic E-state index is 0.253. The lowest BCUT2D eigenvalue weighted by Crippen LogP contribution is -2.01. The van der Waals surface area contributed by atoms with Crippen LogP contribution in [0.2, 0.25) is 15.1 Å². The molecule has 2 aromatic rings. The van der Waals surface area contributed by atoms with Crippen molar-refractivity contribution in [2.75, 3.05) is 6.61 Å². The molecule has 0 saturated heterocycles. The molecule has 0 unspecified atom stereocenters. The maximum absolute atomic E-state index is 8.98. The molecule has 3 nitrogen and oxygen atoms in total. The predicted molar refractivity (Wildman–Crippen MR) is 88.1 cm³/mol. The number of ether oxygens (including phenoxy) is 2. The van der Waals surface area contributed by atoms with Crippen molar-refractivity contribution in [1.82, 2.24) is 0 Å². The average molecular weight is 357 g/mol. The molecule has 0 aliphatic heterocycles. The molecule has 0 bridgehead atoms. The summed E-state index contributed by atoms with van der Waals surface area (Å²) in [6.45, 7) is 2.53. The summed E-state index contributed by atoms with van der Waals surface area (Å²) in [7, 11) is 0. The third kappa shape index (κ3) is 3.98. The second kappa shape index (κ2) is 7.60. The monoisotopic (exact) mass is 355 g/mol. The third-order valence-corrected chi connectivity index (χ3v) is 3.83. The van der Waals surface area contributed by atoms with E-state index in [-0.39, 0.29) is 6.61 Å². The van der Waals surface area contributed by atoms with E-state index in [1.54, 1.807) is 18.2 Å². The summed E-state index contributed by atoms with van der Waals surface area (Å²) in [5.41, 5.74) is 1.26. The van der Waals surface area contributed by atoms with Gasteiger partial charge in [0.2, 0.25) is 0 Å². The van der Waals surface area contributed by atoms with Crippen LogP contribution in [-0.2, 0) is 6.61 Å². The topological polar surface area (TPSA) is 42.2 Å². The van der Waals surface area contributed by atoms with Crippen LogP contribution in [0.1, 0.15) is 18.1 Å². The van der Waals surface area contributed by atoms with E-state index in [2.05, 4.69) is 0 Å². The fourth-order valence-electron chi connectivity index (χ4n) is 1.82. The van der Waals surface area contributed by atoms with Gasteiger partial charge in [-0.25, -0.2) is 0 Å². The molecular formula is C16H12Cl3NO2. The second-order valence-electron chi connectivity index (χ2n) is 4.37. The van der Waals surface area contributed by atoms with Crippen LogP contribution in [0, 0.1) is 11.3 Å². The maximum atomic E-state index is 8.98. The van der Waals surface area contributed by atoms with Gasteiger partial charge in [0.25, 0.3) is 0 Å². The number of nitrogens with zero attached hydrogens (tertiary/aromatic N) is 1. The molecule has 0 aromatic heterocycles. The highest BCUT2D eigenvalue weighted by Crippen LogP contribution is 2.37. The van der Waals surface area contributed by atoms with Gasteiger partial charge < -0.3 is 9.47 Å². The van der Waals surface area contributed by atoms with Crippen LogP contribution in [-0.4, -0.2) is 6.61 Å². The summed E-state index contributed by atoms with van der Waals surface area (Å²) in [6, 6.07) is 10.4. The first-order valence-electron chi connectivity index (χ1n) is 6.48. The van der Waals surface area contributed by atoms with E-state index in [1.165, 1.54) is 6.07 Å². The number of hydrogen-bond acceptors (Lipinski definition) is 3. The van der Waals surface area contributed by atoms with Crippen LogP contribution in [0.4, 0.5) is 0 Å². The number of benzene rings is 2. The Hall–Kier alpha value is -1.60. The zero-order valence-electron chi connectivity index (χ0n) is 11.7. The van der Waals surface area contributed by atoms with Crippen LogP contribution in [0.5, 0.6) is 11.5 Å². The Kier molecular flexibility index (Phi) is 5.79. The third-order valence-electron chi connectivity index (χ3n) is 2.81. The lowest BCUT2D eigenvalue weighted by molar-refractivity contribution is 0.269. The Morgan fingerprint density at radius 2 is 1.77 bits per heavy atom. The van der Waals surface area contributed by atoms with Gasteiger partial charge in [0.05, 0.1) is 33.3 Å².